The average Bonchev–Trinajstić information content (AvgIpc) is 2.78. The van der Waals surface area contributed by atoms with E-state index in [2.05, 4.69) is 43.3 Å². The van der Waals surface area contributed by atoms with Gasteiger partial charge in [0.1, 0.15) is 0 Å². The summed E-state index contributed by atoms with van der Waals surface area (Å²) in [7, 11) is 0. The molecule has 0 aliphatic heterocycles. The number of fused-ring (bicyclic) bond motifs is 2. The average molecular weight is 423 g/mol. The molecule has 1 nitrogen and oxygen atoms in total. The van der Waals surface area contributed by atoms with Gasteiger partial charge in [0, 0.05) is 0 Å². The third-order valence-corrected chi connectivity index (χ3v) is 7.45. The lowest BCUT2D eigenvalue weighted by molar-refractivity contribution is 0.0929. The molecule has 0 saturated carbocycles. The zero-order valence-electron chi connectivity index (χ0n) is 20.1. The highest BCUT2D eigenvalue weighted by atomic mass is 16.3. The zero-order valence-corrected chi connectivity index (χ0v) is 20.1. The first-order valence-corrected chi connectivity index (χ1v) is 13.5. The van der Waals surface area contributed by atoms with Crippen molar-refractivity contribution in [2.24, 2.45) is 5.92 Å². The van der Waals surface area contributed by atoms with E-state index in [0.29, 0.717) is 5.92 Å². The summed E-state index contributed by atoms with van der Waals surface area (Å²) in [6.07, 6.45) is 22.6. The van der Waals surface area contributed by atoms with Crippen molar-refractivity contribution in [1.29, 1.82) is 0 Å². The first kappa shape index (κ1) is 24.3. The van der Waals surface area contributed by atoms with E-state index >= 15 is 0 Å². The van der Waals surface area contributed by atoms with Crippen molar-refractivity contribution < 1.29 is 5.11 Å². The molecule has 3 rings (SSSR count). The van der Waals surface area contributed by atoms with Gasteiger partial charge in [-0.2, -0.15) is 0 Å². The van der Waals surface area contributed by atoms with Gasteiger partial charge in [-0.15, -0.1) is 0 Å². The van der Waals surface area contributed by atoms with Gasteiger partial charge in [0.05, 0.1) is 6.10 Å². The topological polar surface area (TPSA) is 20.2 Å². The van der Waals surface area contributed by atoms with Crippen LogP contribution in [0.3, 0.4) is 0 Å². The van der Waals surface area contributed by atoms with Gasteiger partial charge in [0.2, 0.25) is 0 Å². The molecule has 0 saturated heterocycles. The van der Waals surface area contributed by atoms with Crippen molar-refractivity contribution in [3.63, 3.8) is 0 Å². The smallest absolute Gasteiger partial charge is 0.0611 e. The molecule has 1 heteroatoms. The molecule has 1 N–H and O–H groups in total. The number of benzene rings is 2. The number of aliphatic hydroxyl groups excluding tert-OH is 1. The van der Waals surface area contributed by atoms with Crippen molar-refractivity contribution in [2.75, 3.05) is 0 Å². The van der Waals surface area contributed by atoms with Crippen molar-refractivity contribution in [3.05, 3.63) is 47.5 Å². The van der Waals surface area contributed by atoms with Crippen molar-refractivity contribution in [2.45, 2.75) is 122 Å². The van der Waals surface area contributed by atoms with Gasteiger partial charge in [0.15, 0.2) is 0 Å². The number of hydrogen-bond acceptors (Lipinski definition) is 1. The van der Waals surface area contributed by atoms with Crippen LogP contribution in [0.4, 0.5) is 0 Å². The highest BCUT2D eigenvalue weighted by Gasteiger charge is 2.26. The van der Waals surface area contributed by atoms with Crippen LogP contribution in [0.2, 0.25) is 0 Å². The predicted molar refractivity (Wildman–Crippen MR) is 136 cm³/mol. The van der Waals surface area contributed by atoms with Crippen molar-refractivity contribution in [1.82, 2.24) is 0 Å². The van der Waals surface area contributed by atoms with Crippen LogP contribution in [0.1, 0.15) is 114 Å². The van der Waals surface area contributed by atoms with Gasteiger partial charge in [-0.1, -0.05) is 133 Å². The van der Waals surface area contributed by atoms with E-state index in [1.54, 1.807) is 0 Å². The highest BCUT2D eigenvalue weighted by molar-refractivity contribution is 5.84. The minimum absolute atomic E-state index is 0.157. The van der Waals surface area contributed by atoms with Crippen LogP contribution >= 0.6 is 0 Å². The van der Waals surface area contributed by atoms with Crippen LogP contribution in [0.25, 0.3) is 10.8 Å². The standard InChI is InChI=1S/C30H46O/c1-2-3-4-5-6-7-8-9-10-11-12-13-14-15-20-27-23-28-21-25-18-16-17-19-26(25)22-29(28)24-30(27)31/h16-19,21-22,27,30-31H,2-15,20,23-24H2,1H3. The van der Waals surface area contributed by atoms with Crippen LogP contribution in [0.5, 0.6) is 0 Å². The first-order valence-electron chi connectivity index (χ1n) is 13.5. The van der Waals surface area contributed by atoms with Crippen LogP contribution in [0.15, 0.2) is 36.4 Å². The van der Waals surface area contributed by atoms with E-state index in [4.69, 9.17) is 0 Å². The molecule has 1 aliphatic rings. The van der Waals surface area contributed by atoms with Gasteiger partial charge in [0.25, 0.3) is 0 Å². The summed E-state index contributed by atoms with van der Waals surface area (Å²) < 4.78 is 0. The predicted octanol–water partition coefficient (Wildman–Crippen LogP) is 8.79. The molecule has 2 atom stereocenters. The molecular weight excluding hydrogens is 376 g/mol. The van der Waals surface area contributed by atoms with Crippen LogP contribution in [0, 0.1) is 5.92 Å². The van der Waals surface area contributed by atoms with Crippen molar-refractivity contribution >= 4 is 10.8 Å². The van der Waals surface area contributed by atoms with E-state index < -0.39 is 0 Å². The minimum Gasteiger partial charge on any atom is -0.392 e. The summed E-state index contributed by atoms with van der Waals surface area (Å²) in [6.45, 7) is 2.29. The Bertz CT molecular complexity index is 749. The Morgan fingerprint density at radius 1 is 0.645 bits per heavy atom. The highest BCUT2D eigenvalue weighted by Crippen LogP contribution is 2.32. The Labute approximate surface area is 191 Å². The molecule has 0 amide bonds. The fourth-order valence-corrected chi connectivity index (χ4v) is 5.42. The summed E-state index contributed by atoms with van der Waals surface area (Å²) in [6, 6.07) is 13.3. The maximum absolute atomic E-state index is 10.7. The molecular formula is C30H46O. The summed E-state index contributed by atoms with van der Waals surface area (Å²) in [5.41, 5.74) is 2.84. The van der Waals surface area contributed by atoms with E-state index in [9.17, 15) is 5.11 Å². The summed E-state index contributed by atoms with van der Waals surface area (Å²) in [5, 5.41) is 13.3. The lowest BCUT2D eigenvalue weighted by Crippen LogP contribution is -2.30. The number of aliphatic hydroxyl groups is 1. The maximum Gasteiger partial charge on any atom is 0.0611 e. The maximum atomic E-state index is 10.7. The lowest BCUT2D eigenvalue weighted by Gasteiger charge is -2.30. The molecule has 1 aliphatic carbocycles. The Balaban J connectivity index is 1.23. The summed E-state index contributed by atoms with van der Waals surface area (Å²) in [5.74, 6) is 0.450. The molecule has 0 spiro atoms. The first-order chi connectivity index (χ1) is 15.3. The number of hydrogen-bond donors (Lipinski definition) is 1. The minimum atomic E-state index is -0.157. The molecule has 172 valence electrons. The second-order valence-corrected chi connectivity index (χ2v) is 10.1. The molecule has 0 radical (unpaired) electrons. The van der Waals surface area contributed by atoms with Gasteiger partial charge in [-0.3, -0.25) is 0 Å². The molecule has 31 heavy (non-hydrogen) atoms. The Hall–Kier alpha value is -1.34. The van der Waals surface area contributed by atoms with Gasteiger partial charge in [-0.05, 0) is 47.1 Å². The fraction of sp³-hybridized carbons (Fsp3) is 0.667. The molecule has 2 unspecified atom stereocenters. The van der Waals surface area contributed by atoms with Crippen LogP contribution in [-0.4, -0.2) is 11.2 Å². The number of rotatable bonds is 15. The summed E-state index contributed by atoms with van der Waals surface area (Å²) in [4.78, 5) is 0. The normalized spacial score (nSPS) is 18.4. The van der Waals surface area contributed by atoms with Gasteiger partial charge >= 0.3 is 0 Å². The van der Waals surface area contributed by atoms with Crippen LogP contribution in [-0.2, 0) is 12.8 Å². The Kier molecular flexibility index (Phi) is 10.9. The fourth-order valence-electron chi connectivity index (χ4n) is 5.42. The van der Waals surface area contributed by atoms with Gasteiger partial charge < -0.3 is 5.11 Å². The second-order valence-electron chi connectivity index (χ2n) is 10.1. The molecule has 0 fully saturated rings. The van der Waals surface area contributed by atoms with Crippen molar-refractivity contribution in [3.8, 4) is 0 Å². The van der Waals surface area contributed by atoms with E-state index in [1.165, 1.54) is 118 Å². The largest absolute Gasteiger partial charge is 0.392 e. The molecule has 0 bridgehead atoms. The Morgan fingerprint density at radius 2 is 1.10 bits per heavy atom. The lowest BCUT2D eigenvalue weighted by atomic mass is 9.78. The quantitative estimate of drug-likeness (QED) is 0.284. The third kappa shape index (κ3) is 8.26. The second kappa shape index (κ2) is 13.9. The van der Waals surface area contributed by atoms with Crippen LogP contribution < -0.4 is 0 Å². The third-order valence-electron chi connectivity index (χ3n) is 7.45. The Morgan fingerprint density at radius 3 is 1.61 bits per heavy atom. The van der Waals surface area contributed by atoms with E-state index in [1.807, 2.05) is 0 Å². The SMILES string of the molecule is CCCCCCCCCCCCCCCCC1Cc2cc3ccccc3cc2CC1O. The number of unbranched alkanes of at least 4 members (excludes halogenated alkanes) is 13. The monoisotopic (exact) mass is 422 g/mol. The molecule has 2 aromatic rings. The molecule has 2 aromatic carbocycles. The summed E-state index contributed by atoms with van der Waals surface area (Å²) >= 11 is 0. The van der Waals surface area contributed by atoms with Gasteiger partial charge in [-0.25, -0.2) is 0 Å². The van der Waals surface area contributed by atoms with E-state index in [0.717, 1.165) is 12.8 Å². The zero-order chi connectivity index (χ0) is 21.7. The van der Waals surface area contributed by atoms with E-state index in [-0.39, 0.29) is 6.10 Å². The molecule has 0 heterocycles. The molecule has 0 aromatic heterocycles.